The second-order valence-electron chi connectivity index (χ2n) is 9.64. The zero-order chi connectivity index (χ0) is 30.8. The Morgan fingerprint density at radius 1 is 1.24 bits per heavy atom. The Bertz CT molecular complexity index is 1430. The van der Waals surface area contributed by atoms with Crippen LogP contribution in [0.3, 0.4) is 0 Å². The monoisotopic (exact) mass is 621 g/mol. The minimum atomic E-state index is -4.67. The van der Waals surface area contributed by atoms with Gasteiger partial charge in [0.15, 0.2) is 12.3 Å². The van der Waals surface area contributed by atoms with Crippen LogP contribution in [0.15, 0.2) is 46.1 Å². The average Bonchev–Trinajstić information content (AvgIpc) is 3.04. The fourth-order valence-corrected chi connectivity index (χ4v) is 5.52. The highest BCUT2D eigenvalue weighted by Gasteiger charge is 2.66. The summed E-state index contributed by atoms with van der Waals surface area (Å²) in [5.74, 6) is -5.14. The molecule has 0 aliphatic carbocycles. The van der Waals surface area contributed by atoms with Crippen LogP contribution < -0.4 is 20.9 Å². The molecule has 1 saturated heterocycles. The standard InChI is InChI=1S/C24H30ClFN3O11P/c1-13(2)37-19(32)14(3)28-41(35,40-17-8-6-16(25)7-9-17)36-12-24(26)20(38-15(4)30)23(5,34)21(39-24)29-11-10-18(31)27-22(29)33/h6-11,13-14,20-21,34H,12H2,1-5H3,(H,28,35)(H,27,31,33)/t14?,20-,21+,23+,24?,41?/m0/s1. The van der Waals surface area contributed by atoms with E-state index in [2.05, 4.69) is 5.09 Å². The third-order valence-corrected chi connectivity index (χ3v) is 7.52. The molecule has 41 heavy (non-hydrogen) atoms. The van der Waals surface area contributed by atoms with Crippen molar-refractivity contribution in [2.24, 2.45) is 0 Å². The first-order valence-electron chi connectivity index (χ1n) is 12.2. The fraction of sp³-hybridized carbons (Fsp3) is 0.500. The van der Waals surface area contributed by atoms with Crippen molar-refractivity contribution in [1.82, 2.24) is 14.6 Å². The number of nitrogens with one attached hydrogen (secondary N) is 2. The molecule has 14 nitrogen and oxygen atoms in total. The summed E-state index contributed by atoms with van der Waals surface area (Å²) < 4.78 is 57.3. The molecule has 3 N–H and O–H groups in total. The Hall–Kier alpha value is -3.07. The Morgan fingerprint density at radius 3 is 2.44 bits per heavy atom. The van der Waals surface area contributed by atoms with Gasteiger partial charge in [-0.15, -0.1) is 0 Å². The van der Waals surface area contributed by atoms with Gasteiger partial charge in [-0.05, 0) is 52.0 Å². The van der Waals surface area contributed by atoms with Gasteiger partial charge in [-0.1, -0.05) is 11.6 Å². The van der Waals surface area contributed by atoms with Gasteiger partial charge >= 0.3 is 25.4 Å². The number of carbonyl (C=O) groups excluding carboxylic acids is 2. The predicted octanol–water partition coefficient (Wildman–Crippen LogP) is 2.20. The topological polar surface area (TPSA) is 184 Å². The van der Waals surface area contributed by atoms with Gasteiger partial charge in [0.2, 0.25) is 0 Å². The van der Waals surface area contributed by atoms with Crippen LogP contribution in [0.4, 0.5) is 4.39 Å². The zero-order valence-corrected chi connectivity index (χ0v) is 24.3. The third kappa shape index (κ3) is 7.82. The molecule has 0 radical (unpaired) electrons. The van der Waals surface area contributed by atoms with Gasteiger partial charge in [0.05, 0.1) is 6.10 Å². The molecule has 0 saturated carbocycles. The molecule has 1 aromatic heterocycles. The summed E-state index contributed by atoms with van der Waals surface area (Å²) in [5, 5.41) is 13.9. The number of aliphatic hydroxyl groups is 1. The van der Waals surface area contributed by atoms with Gasteiger partial charge in [0.1, 0.15) is 24.0 Å². The second kappa shape index (κ2) is 12.4. The van der Waals surface area contributed by atoms with Crippen molar-refractivity contribution < 1.29 is 46.9 Å². The first-order chi connectivity index (χ1) is 19.0. The number of aromatic amines is 1. The summed E-state index contributed by atoms with van der Waals surface area (Å²) in [6, 6.07) is 5.13. The highest BCUT2D eigenvalue weighted by molar-refractivity contribution is 7.52. The maximum atomic E-state index is 16.5. The number of esters is 2. The van der Waals surface area contributed by atoms with Gasteiger partial charge in [0, 0.05) is 24.2 Å². The molecule has 3 rings (SSSR count). The van der Waals surface area contributed by atoms with Crippen LogP contribution in [0.2, 0.25) is 5.02 Å². The van der Waals surface area contributed by atoms with Crippen LogP contribution in [0.5, 0.6) is 5.75 Å². The molecule has 1 aromatic carbocycles. The highest BCUT2D eigenvalue weighted by Crippen LogP contribution is 2.51. The van der Waals surface area contributed by atoms with Gasteiger partial charge < -0.3 is 23.8 Å². The average molecular weight is 622 g/mol. The lowest BCUT2D eigenvalue weighted by molar-refractivity contribution is -0.214. The third-order valence-electron chi connectivity index (χ3n) is 5.65. The maximum Gasteiger partial charge on any atom is 0.459 e. The van der Waals surface area contributed by atoms with Crippen LogP contribution in [0.25, 0.3) is 0 Å². The minimum Gasteiger partial charge on any atom is -0.462 e. The van der Waals surface area contributed by atoms with E-state index in [9.17, 15) is 28.8 Å². The number of alkyl halides is 1. The molecule has 1 aliphatic heterocycles. The molecule has 0 amide bonds. The van der Waals surface area contributed by atoms with E-state index in [1.54, 1.807) is 13.8 Å². The minimum absolute atomic E-state index is 0.0453. The number of halogens is 2. The molecule has 0 bridgehead atoms. The molecule has 2 aromatic rings. The molecule has 0 spiro atoms. The van der Waals surface area contributed by atoms with E-state index in [1.165, 1.54) is 31.2 Å². The van der Waals surface area contributed by atoms with Crippen molar-refractivity contribution >= 4 is 31.3 Å². The lowest BCUT2D eigenvalue weighted by Crippen LogP contribution is -2.52. The lowest BCUT2D eigenvalue weighted by Gasteiger charge is -2.31. The smallest absolute Gasteiger partial charge is 0.459 e. The van der Waals surface area contributed by atoms with E-state index in [0.29, 0.717) is 9.59 Å². The summed E-state index contributed by atoms with van der Waals surface area (Å²) in [5.41, 5.74) is -4.26. The van der Waals surface area contributed by atoms with Gasteiger partial charge in [-0.2, -0.15) is 5.09 Å². The van der Waals surface area contributed by atoms with Crippen molar-refractivity contribution in [3.8, 4) is 5.75 Å². The number of nitrogens with zero attached hydrogens (tertiary/aromatic N) is 1. The SMILES string of the molecule is CC(=O)O[C@@H]1C(F)(COP(=O)(NC(C)C(=O)OC(C)C)Oc2ccc(Cl)cc2)O[C@@H](n2ccc(=O)[nH]c2=O)[C@]1(C)O. The Kier molecular flexibility index (Phi) is 9.84. The fourth-order valence-electron chi connectivity index (χ4n) is 3.89. The predicted molar refractivity (Wildman–Crippen MR) is 141 cm³/mol. The molecule has 226 valence electrons. The normalized spacial score (nSPS) is 26.3. The molecule has 6 atom stereocenters. The van der Waals surface area contributed by atoms with Gasteiger partial charge in [-0.25, -0.2) is 13.8 Å². The number of carbonyl (C=O) groups is 2. The molecular weight excluding hydrogens is 592 g/mol. The Balaban J connectivity index is 1.96. The van der Waals surface area contributed by atoms with Crippen molar-refractivity contribution in [3.05, 3.63) is 62.4 Å². The van der Waals surface area contributed by atoms with Crippen molar-refractivity contribution in [2.45, 2.75) is 70.6 Å². The quantitative estimate of drug-likeness (QED) is 0.246. The van der Waals surface area contributed by atoms with E-state index < -0.39 is 73.5 Å². The van der Waals surface area contributed by atoms with Crippen molar-refractivity contribution in [2.75, 3.05) is 6.61 Å². The first-order valence-corrected chi connectivity index (χ1v) is 14.1. The highest BCUT2D eigenvalue weighted by atomic mass is 35.5. The number of hydrogen-bond acceptors (Lipinski definition) is 11. The Labute approximate surface area is 238 Å². The number of benzene rings is 1. The number of rotatable bonds is 11. The summed E-state index contributed by atoms with van der Waals surface area (Å²) in [6.45, 7) is 5.15. The van der Waals surface area contributed by atoms with Crippen LogP contribution in [-0.4, -0.2) is 62.9 Å². The molecular formula is C24H30ClFN3O11P. The first kappa shape index (κ1) is 32.4. The van der Waals surface area contributed by atoms with E-state index in [-0.39, 0.29) is 5.75 Å². The number of H-pyrrole nitrogens is 1. The summed E-state index contributed by atoms with van der Waals surface area (Å²) in [7, 11) is -4.67. The Morgan fingerprint density at radius 2 is 1.88 bits per heavy atom. The van der Waals surface area contributed by atoms with Gasteiger partial charge in [-0.3, -0.25) is 28.5 Å². The van der Waals surface area contributed by atoms with Crippen LogP contribution in [0, 0.1) is 0 Å². The van der Waals surface area contributed by atoms with Crippen LogP contribution >= 0.6 is 19.3 Å². The maximum absolute atomic E-state index is 16.5. The van der Waals surface area contributed by atoms with E-state index in [4.69, 9.17) is 34.9 Å². The molecule has 3 unspecified atom stereocenters. The summed E-state index contributed by atoms with van der Waals surface area (Å²) in [6.07, 6.45) is -3.56. The second-order valence-corrected chi connectivity index (χ2v) is 11.8. The largest absolute Gasteiger partial charge is 0.462 e. The van der Waals surface area contributed by atoms with E-state index >= 15 is 4.39 Å². The number of aromatic nitrogens is 2. The van der Waals surface area contributed by atoms with Crippen LogP contribution in [0.1, 0.15) is 40.8 Å². The van der Waals surface area contributed by atoms with Gasteiger partial charge in [0.25, 0.3) is 11.4 Å². The molecule has 1 aliphatic rings. The summed E-state index contributed by atoms with van der Waals surface area (Å²) >= 11 is 5.88. The molecule has 2 heterocycles. The zero-order valence-electron chi connectivity index (χ0n) is 22.7. The van der Waals surface area contributed by atoms with Crippen LogP contribution in [-0.2, 0) is 32.9 Å². The molecule has 17 heteroatoms. The van der Waals surface area contributed by atoms with Crippen molar-refractivity contribution in [1.29, 1.82) is 0 Å². The van der Waals surface area contributed by atoms with Crippen molar-refractivity contribution in [3.63, 3.8) is 0 Å². The lowest BCUT2D eigenvalue weighted by atomic mass is 9.95. The summed E-state index contributed by atoms with van der Waals surface area (Å²) in [4.78, 5) is 50.1. The number of ether oxygens (including phenoxy) is 3. The molecule has 1 fully saturated rings. The van der Waals surface area contributed by atoms with E-state index in [0.717, 1.165) is 26.1 Å². The van der Waals surface area contributed by atoms with E-state index in [1.807, 2.05) is 4.98 Å². The number of hydrogen-bond donors (Lipinski definition) is 3.